The topological polar surface area (TPSA) is 54.4 Å². The highest BCUT2D eigenvalue weighted by Gasteiger charge is 2.09. The first kappa shape index (κ1) is 18.1. The molecule has 1 N–H and O–H groups in total. The standard InChI is InChI=1S/C10H6F2O3.C6H4F2/c11-6-1-2-7(8(12)5-6)9(13)3-4-10(14)15;7-5-2-1-3-6(8)4-5/h1-5H,(H,14,15);1-4H/b4-3+;. The SMILES string of the molecule is Fc1cccc(F)c1.O=C(O)/C=C/C(=O)c1ccc(F)cc1F. The van der Waals surface area contributed by atoms with Crippen LogP contribution >= 0.6 is 0 Å². The summed E-state index contributed by atoms with van der Waals surface area (Å²) in [6.07, 6.45) is 1.30. The zero-order valence-corrected chi connectivity index (χ0v) is 11.5. The number of ketones is 1. The van der Waals surface area contributed by atoms with Gasteiger partial charge in [0.1, 0.15) is 23.3 Å². The number of halogens is 4. The van der Waals surface area contributed by atoms with Crippen LogP contribution in [0.4, 0.5) is 17.6 Å². The number of carbonyl (C=O) groups is 2. The summed E-state index contributed by atoms with van der Waals surface area (Å²) >= 11 is 0. The van der Waals surface area contributed by atoms with Crippen LogP contribution < -0.4 is 0 Å². The second kappa shape index (κ2) is 8.47. The van der Waals surface area contributed by atoms with Gasteiger partial charge in [0.2, 0.25) is 0 Å². The maximum Gasteiger partial charge on any atom is 0.328 e. The first-order chi connectivity index (χ1) is 10.8. The smallest absolute Gasteiger partial charge is 0.328 e. The average molecular weight is 326 g/mol. The first-order valence-corrected chi connectivity index (χ1v) is 6.11. The van der Waals surface area contributed by atoms with Crippen molar-refractivity contribution in [3.05, 3.63) is 83.4 Å². The van der Waals surface area contributed by atoms with Crippen LogP contribution in [0.25, 0.3) is 0 Å². The molecule has 120 valence electrons. The molecule has 0 fully saturated rings. The van der Waals surface area contributed by atoms with E-state index >= 15 is 0 Å². The molecule has 7 heteroatoms. The highest BCUT2D eigenvalue weighted by atomic mass is 19.1. The molecule has 3 nitrogen and oxygen atoms in total. The van der Waals surface area contributed by atoms with Crippen LogP contribution in [0.5, 0.6) is 0 Å². The molecule has 0 radical (unpaired) electrons. The lowest BCUT2D eigenvalue weighted by molar-refractivity contribution is -0.131. The average Bonchev–Trinajstić information content (AvgIpc) is 2.45. The molecular weight excluding hydrogens is 316 g/mol. The molecule has 0 spiro atoms. The van der Waals surface area contributed by atoms with Crippen LogP contribution in [0, 0.1) is 23.3 Å². The molecule has 0 aromatic heterocycles. The fraction of sp³-hybridized carbons (Fsp3) is 0. The Morgan fingerprint density at radius 3 is 1.83 bits per heavy atom. The van der Waals surface area contributed by atoms with E-state index in [0.29, 0.717) is 18.2 Å². The summed E-state index contributed by atoms with van der Waals surface area (Å²) in [7, 11) is 0. The number of carbonyl (C=O) groups excluding carboxylic acids is 1. The minimum absolute atomic E-state index is 0.367. The van der Waals surface area contributed by atoms with Crippen LogP contribution in [0.15, 0.2) is 54.6 Å². The van der Waals surface area contributed by atoms with Crippen LogP contribution in [-0.2, 0) is 4.79 Å². The lowest BCUT2D eigenvalue weighted by atomic mass is 10.1. The summed E-state index contributed by atoms with van der Waals surface area (Å²) in [6, 6.07) is 6.99. The van der Waals surface area contributed by atoms with E-state index in [1.54, 1.807) is 0 Å². The van der Waals surface area contributed by atoms with Gasteiger partial charge in [-0.1, -0.05) is 6.07 Å². The Morgan fingerprint density at radius 2 is 1.39 bits per heavy atom. The van der Waals surface area contributed by atoms with Crippen molar-refractivity contribution < 1.29 is 32.3 Å². The Labute approximate surface area is 128 Å². The molecule has 0 atom stereocenters. The molecular formula is C16H10F4O3. The second-order valence-corrected chi connectivity index (χ2v) is 4.10. The minimum Gasteiger partial charge on any atom is -0.478 e. The number of hydrogen-bond donors (Lipinski definition) is 1. The molecule has 0 aliphatic heterocycles. The first-order valence-electron chi connectivity index (χ1n) is 6.11. The van der Waals surface area contributed by atoms with Crippen molar-refractivity contribution in [2.75, 3.05) is 0 Å². The maximum absolute atomic E-state index is 13.0. The van der Waals surface area contributed by atoms with Gasteiger partial charge in [0, 0.05) is 18.2 Å². The van der Waals surface area contributed by atoms with E-state index in [1.807, 2.05) is 0 Å². The zero-order valence-electron chi connectivity index (χ0n) is 11.5. The van der Waals surface area contributed by atoms with Crippen molar-refractivity contribution >= 4 is 11.8 Å². The van der Waals surface area contributed by atoms with Crippen molar-refractivity contribution in [2.24, 2.45) is 0 Å². The highest BCUT2D eigenvalue weighted by molar-refractivity contribution is 6.06. The lowest BCUT2D eigenvalue weighted by Crippen LogP contribution is -2.00. The van der Waals surface area contributed by atoms with Gasteiger partial charge in [-0.15, -0.1) is 0 Å². The van der Waals surface area contributed by atoms with Gasteiger partial charge in [-0.05, 0) is 30.3 Å². The van der Waals surface area contributed by atoms with E-state index in [2.05, 4.69) is 0 Å². The summed E-state index contributed by atoms with van der Waals surface area (Å²) in [6.45, 7) is 0. The summed E-state index contributed by atoms with van der Waals surface area (Å²) in [5.41, 5.74) is -0.367. The van der Waals surface area contributed by atoms with Gasteiger partial charge in [-0.3, -0.25) is 4.79 Å². The predicted molar refractivity (Wildman–Crippen MR) is 73.8 cm³/mol. The Kier molecular flexibility index (Phi) is 6.67. The Balaban J connectivity index is 0.000000277. The van der Waals surface area contributed by atoms with Gasteiger partial charge in [0.25, 0.3) is 0 Å². The van der Waals surface area contributed by atoms with Crippen LogP contribution in [0.3, 0.4) is 0 Å². The molecule has 23 heavy (non-hydrogen) atoms. The Hall–Kier alpha value is -2.96. The molecule has 0 heterocycles. The van der Waals surface area contributed by atoms with Crippen LogP contribution in [0.2, 0.25) is 0 Å². The summed E-state index contributed by atoms with van der Waals surface area (Å²) in [4.78, 5) is 21.3. The third-order valence-corrected chi connectivity index (χ3v) is 2.36. The summed E-state index contributed by atoms with van der Waals surface area (Å²) < 4.78 is 49.3. The van der Waals surface area contributed by atoms with Crippen molar-refractivity contribution in [3.8, 4) is 0 Å². The van der Waals surface area contributed by atoms with E-state index in [-0.39, 0.29) is 5.56 Å². The number of allylic oxidation sites excluding steroid dienone is 1. The number of carboxylic acids is 1. The van der Waals surface area contributed by atoms with Gasteiger partial charge in [-0.25, -0.2) is 22.4 Å². The molecule has 0 bridgehead atoms. The molecule has 0 unspecified atom stereocenters. The second-order valence-electron chi connectivity index (χ2n) is 4.10. The number of hydrogen-bond acceptors (Lipinski definition) is 2. The van der Waals surface area contributed by atoms with Gasteiger partial charge in [0.05, 0.1) is 5.56 Å². The van der Waals surface area contributed by atoms with Gasteiger partial charge in [0.15, 0.2) is 5.78 Å². The Morgan fingerprint density at radius 1 is 0.826 bits per heavy atom. The Bertz CT molecular complexity index is 725. The predicted octanol–water partition coefficient (Wildman–Crippen LogP) is 3.75. The molecule has 0 saturated heterocycles. The van der Waals surface area contributed by atoms with Crippen molar-refractivity contribution in [1.29, 1.82) is 0 Å². The molecule has 0 amide bonds. The fourth-order valence-corrected chi connectivity index (χ4v) is 1.39. The van der Waals surface area contributed by atoms with E-state index in [1.165, 1.54) is 18.2 Å². The van der Waals surface area contributed by atoms with E-state index < -0.39 is 35.0 Å². The molecule has 2 rings (SSSR count). The fourth-order valence-electron chi connectivity index (χ4n) is 1.39. The number of aliphatic carboxylic acids is 1. The maximum atomic E-state index is 13.0. The normalized spacial score (nSPS) is 10.1. The van der Waals surface area contributed by atoms with Crippen LogP contribution in [0.1, 0.15) is 10.4 Å². The van der Waals surface area contributed by atoms with Gasteiger partial charge < -0.3 is 5.11 Å². The molecule has 0 aliphatic carbocycles. The molecule has 2 aromatic carbocycles. The molecule has 2 aromatic rings. The summed E-state index contributed by atoms with van der Waals surface area (Å²) in [5, 5.41) is 8.23. The summed E-state index contributed by atoms with van der Waals surface area (Å²) in [5.74, 6) is -5.03. The molecule has 0 saturated carbocycles. The number of carboxylic acid groups (broad SMARTS) is 1. The number of rotatable bonds is 3. The van der Waals surface area contributed by atoms with E-state index in [9.17, 15) is 27.2 Å². The third kappa shape index (κ3) is 6.56. The zero-order chi connectivity index (χ0) is 17.4. The monoisotopic (exact) mass is 326 g/mol. The quantitative estimate of drug-likeness (QED) is 0.531. The van der Waals surface area contributed by atoms with Crippen molar-refractivity contribution in [2.45, 2.75) is 0 Å². The minimum atomic E-state index is -1.31. The van der Waals surface area contributed by atoms with E-state index in [0.717, 1.165) is 18.2 Å². The van der Waals surface area contributed by atoms with Gasteiger partial charge in [-0.2, -0.15) is 0 Å². The highest BCUT2D eigenvalue weighted by Crippen LogP contribution is 2.10. The van der Waals surface area contributed by atoms with Gasteiger partial charge >= 0.3 is 5.97 Å². The molecule has 0 aliphatic rings. The van der Waals surface area contributed by atoms with E-state index in [4.69, 9.17) is 5.11 Å². The van der Waals surface area contributed by atoms with Crippen molar-refractivity contribution in [3.63, 3.8) is 0 Å². The number of benzene rings is 2. The van der Waals surface area contributed by atoms with Crippen molar-refractivity contribution in [1.82, 2.24) is 0 Å². The van der Waals surface area contributed by atoms with Crippen LogP contribution in [-0.4, -0.2) is 16.9 Å². The largest absolute Gasteiger partial charge is 0.478 e. The third-order valence-electron chi connectivity index (χ3n) is 2.36. The lowest BCUT2D eigenvalue weighted by Gasteiger charge is -1.97.